The molecule has 0 aliphatic rings. The van der Waals surface area contributed by atoms with Crippen molar-refractivity contribution >= 4 is 11.8 Å². The van der Waals surface area contributed by atoms with E-state index in [9.17, 15) is 9.59 Å². The number of hydrogen-bond acceptors (Lipinski definition) is 4. The third-order valence-electron chi connectivity index (χ3n) is 4.32. The number of carbonyl (C=O) groups excluding carboxylic acids is 2. The molecular weight excluding hydrogens is 364 g/mol. The van der Waals surface area contributed by atoms with Crippen LogP contribution in [0.25, 0.3) is 11.1 Å². The maximum absolute atomic E-state index is 12.3. The lowest BCUT2D eigenvalue weighted by Gasteiger charge is -2.09. The van der Waals surface area contributed by atoms with E-state index in [0.29, 0.717) is 29.4 Å². The lowest BCUT2D eigenvalue weighted by molar-refractivity contribution is 0.0474. The number of carbonyl (C=O) groups is 2. The second-order valence-corrected chi connectivity index (χ2v) is 7.17. The zero-order valence-electron chi connectivity index (χ0n) is 16.6. The van der Waals surface area contributed by atoms with Crippen molar-refractivity contribution < 1.29 is 19.1 Å². The summed E-state index contributed by atoms with van der Waals surface area (Å²) in [7, 11) is 0. The van der Waals surface area contributed by atoms with Crippen LogP contribution in [-0.4, -0.2) is 25.0 Å². The molecule has 0 aliphatic carbocycles. The lowest BCUT2D eigenvalue weighted by atomic mass is 10.0. The number of Topliss-reactive ketones (excluding diaryl/α,β-unsaturated/α-hetero) is 1. The van der Waals surface area contributed by atoms with Crippen molar-refractivity contribution in [2.75, 3.05) is 13.2 Å². The highest BCUT2D eigenvalue weighted by Gasteiger charge is 2.12. The van der Waals surface area contributed by atoms with E-state index in [4.69, 9.17) is 9.47 Å². The van der Waals surface area contributed by atoms with Gasteiger partial charge in [-0.15, -0.1) is 0 Å². The van der Waals surface area contributed by atoms with Crippen molar-refractivity contribution in [3.8, 4) is 16.9 Å². The fraction of sp³-hybridized carbons (Fsp3) is 0.200. The molecule has 0 radical (unpaired) electrons. The largest absolute Gasteiger partial charge is 0.493 e. The first-order valence-electron chi connectivity index (χ1n) is 9.61. The highest BCUT2D eigenvalue weighted by molar-refractivity contribution is 5.99. The molecule has 0 bridgehead atoms. The zero-order valence-corrected chi connectivity index (χ0v) is 16.6. The van der Waals surface area contributed by atoms with Crippen molar-refractivity contribution in [2.45, 2.75) is 13.8 Å². The van der Waals surface area contributed by atoms with E-state index in [0.717, 1.165) is 11.1 Å². The number of esters is 1. The van der Waals surface area contributed by atoms with Gasteiger partial charge in [0, 0.05) is 5.56 Å². The Labute approximate surface area is 171 Å². The summed E-state index contributed by atoms with van der Waals surface area (Å²) < 4.78 is 10.8. The van der Waals surface area contributed by atoms with Gasteiger partial charge >= 0.3 is 5.97 Å². The van der Waals surface area contributed by atoms with Gasteiger partial charge in [-0.1, -0.05) is 68.4 Å². The summed E-state index contributed by atoms with van der Waals surface area (Å²) in [5.41, 5.74) is 3.00. The van der Waals surface area contributed by atoms with Crippen molar-refractivity contribution in [1.29, 1.82) is 0 Å². The molecule has 3 aromatic rings. The Bertz CT molecular complexity index is 942. The Kier molecular flexibility index (Phi) is 6.80. The molecular formula is C25H24O4. The van der Waals surface area contributed by atoms with Crippen molar-refractivity contribution in [1.82, 2.24) is 0 Å². The molecule has 0 fully saturated rings. The van der Waals surface area contributed by atoms with E-state index in [1.807, 2.05) is 42.5 Å². The van der Waals surface area contributed by atoms with Gasteiger partial charge < -0.3 is 9.47 Å². The maximum atomic E-state index is 12.3. The summed E-state index contributed by atoms with van der Waals surface area (Å²) in [4.78, 5) is 24.5. The van der Waals surface area contributed by atoms with Crippen LogP contribution >= 0.6 is 0 Å². The van der Waals surface area contributed by atoms with Gasteiger partial charge in [0.05, 0.1) is 12.2 Å². The van der Waals surface area contributed by atoms with Gasteiger partial charge in [-0.05, 0) is 41.3 Å². The third kappa shape index (κ3) is 5.79. The van der Waals surface area contributed by atoms with Gasteiger partial charge in [-0.2, -0.15) is 0 Å². The van der Waals surface area contributed by atoms with E-state index < -0.39 is 5.97 Å². The molecule has 4 heteroatoms. The zero-order chi connectivity index (χ0) is 20.6. The van der Waals surface area contributed by atoms with E-state index >= 15 is 0 Å². The number of ketones is 1. The Balaban J connectivity index is 1.54. The molecule has 0 atom stereocenters. The SMILES string of the molecule is CC(C)COc1ccc(C(=O)OCC(=O)c2ccc(-c3ccccc3)cc2)cc1. The molecule has 0 saturated carbocycles. The molecule has 0 spiro atoms. The van der Waals surface area contributed by atoms with Crippen LogP contribution in [0.5, 0.6) is 5.75 Å². The quantitative estimate of drug-likeness (QED) is 0.381. The van der Waals surface area contributed by atoms with Crippen molar-refractivity contribution in [3.63, 3.8) is 0 Å². The number of hydrogen-bond donors (Lipinski definition) is 0. The molecule has 0 unspecified atom stereocenters. The fourth-order valence-corrected chi connectivity index (χ4v) is 2.73. The molecule has 0 N–H and O–H groups in total. The van der Waals surface area contributed by atoms with E-state index in [1.54, 1.807) is 36.4 Å². The van der Waals surface area contributed by atoms with Crippen LogP contribution in [0, 0.1) is 5.92 Å². The first-order valence-corrected chi connectivity index (χ1v) is 9.61. The van der Waals surface area contributed by atoms with Crippen LogP contribution in [0.2, 0.25) is 0 Å². The average molecular weight is 388 g/mol. The lowest BCUT2D eigenvalue weighted by Crippen LogP contribution is -2.14. The van der Waals surface area contributed by atoms with Crippen LogP contribution < -0.4 is 4.74 Å². The van der Waals surface area contributed by atoms with E-state index in [1.165, 1.54) is 0 Å². The molecule has 0 heterocycles. The Morgan fingerprint density at radius 3 is 1.97 bits per heavy atom. The second kappa shape index (κ2) is 9.69. The monoisotopic (exact) mass is 388 g/mol. The van der Waals surface area contributed by atoms with Gasteiger partial charge in [0.2, 0.25) is 0 Å². The van der Waals surface area contributed by atoms with Gasteiger partial charge in [0.15, 0.2) is 12.4 Å². The Hall–Kier alpha value is -3.40. The minimum absolute atomic E-state index is 0.241. The first kappa shape index (κ1) is 20.3. The molecule has 29 heavy (non-hydrogen) atoms. The first-order chi connectivity index (χ1) is 14.0. The fourth-order valence-electron chi connectivity index (χ4n) is 2.73. The molecule has 0 saturated heterocycles. The maximum Gasteiger partial charge on any atom is 0.338 e. The predicted octanol–water partition coefficient (Wildman–Crippen LogP) is 5.43. The topological polar surface area (TPSA) is 52.6 Å². The van der Waals surface area contributed by atoms with Crippen molar-refractivity contribution in [2.24, 2.45) is 5.92 Å². The van der Waals surface area contributed by atoms with Crippen molar-refractivity contribution in [3.05, 3.63) is 90.0 Å². The smallest absolute Gasteiger partial charge is 0.338 e. The average Bonchev–Trinajstić information content (AvgIpc) is 2.77. The van der Waals surface area contributed by atoms with Gasteiger partial charge in [-0.25, -0.2) is 4.79 Å². The Morgan fingerprint density at radius 2 is 1.34 bits per heavy atom. The molecule has 0 aliphatic heterocycles. The van der Waals surface area contributed by atoms with Gasteiger partial charge in [0.25, 0.3) is 0 Å². The molecule has 4 nitrogen and oxygen atoms in total. The minimum atomic E-state index is -0.533. The second-order valence-electron chi connectivity index (χ2n) is 7.17. The summed E-state index contributed by atoms with van der Waals surface area (Å²) in [5.74, 6) is 0.349. The molecule has 148 valence electrons. The summed E-state index contributed by atoms with van der Waals surface area (Å²) in [6, 6.07) is 23.9. The summed E-state index contributed by atoms with van der Waals surface area (Å²) in [6.07, 6.45) is 0. The summed E-state index contributed by atoms with van der Waals surface area (Å²) in [6.45, 7) is 4.45. The molecule has 3 aromatic carbocycles. The highest BCUT2D eigenvalue weighted by atomic mass is 16.5. The molecule has 0 amide bonds. The number of ether oxygens (including phenoxy) is 2. The van der Waals surface area contributed by atoms with Gasteiger partial charge in [-0.3, -0.25) is 4.79 Å². The summed E-state index contributed by atoms with van der Waals surface area (Å²) >= 11 is 0. The van der Waals surface area contributed by atoms with Crippen LogP contribution in [-0.2, 0) is 4.74 Å². The minimum Gasteiger partial charge on any atom is -0.493 e. The predicted molar refractivity (Wildman–Crippen MR) is 113 cm³/mol. The van der Waals surface area contributed by atoms with Gasteiger partial charge in [0.1, 0.15) is 5.75 Å². The van der Waals surface area contributed by atoms with E-state index in [2.05, 4.69) is 13.8 Å². The Morgan fingerprint density at radius 1 is 0.759 bits per heavy atom. The molecule has 3 rings (SSSR count). The number of benzene rings is 3. The van der Waals surface area contributed by atoms with Crippen LogP contribution in [0.3, 0.4) is 0 Å². The van der Waals surface area contributed by atoms with Crippen LogP contribution in [0.15, 0.2) is 78.9 Å². The molecule has 0 aromatic heterocycles. The normalized spacial score (nSPS) is 10.6. The standard InChI is InChI=1S/C25H24O4/c1-18(2)16-28-23-14-12-22(13-15-23)25(27)29-17-24(26)21-10-8-20(9-11-21)19-6-4-3-5-7-19/h3-15,18H,16-17H2,1-2H3. The van der Waals surface area contributed by atoms with Crippen LogP contribution in [0.1, 0.15) is 34.6 Å². The summed E-state index contributed by atoms with van der Waals surface area (Å²) in [5, 5.41) is 0. The third-order valence-corrected chi connectivity index (χ3v) is 4.32. The number of rotatable bonds is 8. The highest BCUT2D eigenvalue weighted by Crippen LogP contribution is 2.19. The van der Waals surface area contributed by atoms with Crippen LogP contribution in [0.4, 0.5) is 0 Å². The van der Waals surface area contributed by atoms with E-state index in [-0.39, 0.29) is 12.4 Å².